The van der Waals surface area contributed by atoms with Crippen LogP contribution in [0.25, 0.3) is 0 Å². The van der Waals surface area contributed by atoms with E-state index in [1.807, 2.05) is 30.3 Å². The maximum atomic E-state index is 11.6. The van der Waals surface area contributed by atoms with Gasteiger partial charge in [-0.25, -0.2) is 0 Å². The van der Waals surface area contributed by atoms with Gasteiger partial charge in [0.2, 0.25) is 0 Å². The number of ether oxygens (including phenoxy) is 1. The van der Waals surface area contributed by atoms with Crippen LogP contribution < -0.4 is 10.6 Å². The molecule has 0 spiro atoms. The Kier molecular flexibility index (Phi) is 6.18. The summed E-state index contributed by atoms with van der Waals surface area (Å²) >= 11 is 0. The van der Waals surface area contributed by atoms with Crippen LogP contribution in [0.4, 0.5) is 0 Å². The molecule has 0 bridgehead atoms. The molecular weight excluding hydrogens is 270 g/mol. The molecule has 6 nitrogen and oxygen atoms in total. The van der Waals surface area contributed by atoms with Gasteiger partial charge < -0.3 is 15.4 Å². The molecule has 114 valence electrons. The molecule has 2 rings (SSSR count). The van der Waals surface area contributed by atoms with Crippen LogP contribution in [0.5, 0.6) is 0 Å². The molecule has 21 heavy (non-hydrogen) atoms. The highest BCUT2D eigenvalue weighted by Crippen LogP contribution is 1.97. The highest BCUT2D eigenvalue weighted by Gasteiger charge is 2.14. The first kappa shape index (κ1) is 15.5. The Morgan fingerprint density at radius 2 is 1.71 bits per heavy atom. The fourth-order valence-electron chi connectivity index (χ4n) is 2.09. The van der Waals surface area contributed by atoms with Gasteiger partial charge in [-0.05, 0) is 5.56 Å². The Bertz CT molecular complexity index is 458. The van der Waals surface area contributed by atoms with E-state index in [2.05, 4.69) is 15.5 Å². The minimum Gasteiger partial charge on any atom is -0.379 e. The van der Waals surface area contributed by atoms with Crippen molar-refractivity contribution in [2.45, 2.75) is 6.54 Å². The number of carbonyl (C=O) groups excluding carboxylic acids is 2. The molecule has 1 aromatic rings. The number of rotatable bonds is 5. The first-order chi connectivity index (χ1) is 10.3. The average Bonchev–Trinajstić information content (AvgIpc) is 2.54. The minimum absolute atomic E-state index is 0.358. The van der Waals surface area contributed by atoms with Crippen LogP contribution in [0, 0.1) is 0 Å². The lowest BCUT2D eigenvalue weighted by molar-refractivity contribution is -0.139. The first-order valence-electron chi connectivity index (χ1n) is 7.16. The van der Waals surface area contributed by atoms with Gasteiger partial charge in [0.05, 0.1) is 13.2 Å². The van der Waals surface area contributed by atoms with Gasteiger partial charge >= 0.3 is 11.8 Å². The van der Waals surface area contributed by atoms with Crippen molar-refractivity contribution in [2.75, 3.05) is 39.4 Å². The van der Waals surface area contributed by atoms with E-state index in [1.165, 1.54) is 0 Å². The van der Waals surface area contributed by atoms with Crippen molar-refractivity contribution < 1.29 is 14.3 Å². The quantitative estimate of drug-likeness (QED) is 0.734. The Hall–Kier alpha value is -1.92. The molecule has 1 aliphatic heterocycles. The van der Waals surface area contributed by atoms with E-state index in [9.17, 15) is 9.59 Å². The van der Waals surface area contributed by atoms with Gasteiger partial charge in [-0.3, -0.25) is 14.5 Å². The lowest BCUT2D eigenvalue weighted by Crippen LogP contribution is -2.44. The first-order valence-corrected chi connectivity index (χ1v) is 7.16. The molecule has 0 aliphatic carbocycles. The van der Waals surface area contributed by atoms with Crippen LogP contribution >= 0.6 is 0 Å². The van der Waals surface area contributed by atoms with Gasteiger partial charge in [0.1, 0.15) is 0 Å². The van der Waals surface area contributed by atoms with Crippen LogP contribution in [0.2, 0.25) is 0 Å². The predicted molar refractivity (Wildman–Crippen MR) is 78.6 cm³/mol. The zero-order chi connectivity index (χ0) is 14.9. The van der Waals surface area contributed by atoms with E-state index in [1.54, 1.807) is 0 Å². The van der Waals surface area contributed by atoms with Gasteiger partial charge in [0.15, 0.2) is 0 Å². The second kappa shape index (κ2) is 8.39. The van der Waals surface area contributed by atoms with Crippen LogP contribution in [-0.4, -0.2) is 56.1 Å². The van der Waals surface area contributed by atoms with Gasteiger partial charge in [-0.15, -0.1) is 0 Å². The maximum absolute atomic E-state index is 11.6. The molecule has 1 saturated heterocycles. The standard InChI is InChI=1S/C15H21N3O3/c19-14(16-6-7-18-8-10-21-11-9-18)15(20)17-12-13-4-2-1-3-5-13/h1-5H,6-12H2,(H,16,19)(H,17,20). The van der Waals surface area contributed by atoms with Crippen molar-refractivity contribution in [1.82, 2.24) is 15.5 Å². The van der Waals surface area contributed by atoms with Crippen molar-refractivity contribution in [3.8, 4) is 0 Å². The van der Waals surface area contributed by atoms with Crippen LogP contribution in [0.15, 0.2) is 30.3 Å². The van der Waals surface area contributed by atoms with Gasteiger partial charge in [-0.1, -0.05) is 30.3 Å². The molecule has 0 unspecified atom stereocenters. The number of amides is 2. The van der Waals surface area contributed by atoms with Crippen molar-refractivity contribution in [3.63, 3.8) is 0 Å². The smallest absolute Gasteiger partial charge is 0.309 e. The number of hydrogen-bond donors (Lipinski definition) is 2. The molecule has 1 aromatic carbocycles. The van der Waals surface area contributed by atoms with E-state index in [0.29, 0.717) is 13.1 Å². The molecule has 1 fully saturated rings. The molecule has 6 heteroatoms. The van der Waals surface area contributed by atoms with Gasteiger partial charge in [-0.2, -0.15) is 0 Å². The Balaban J connectivity index is 1.62. The number of carbonyl (C=O) groups is 2. The third-order valence-electron chi connectivity index (χ3n) is 3.32. The number of morpholine rings is 1. The summed E-state index contributed by atoms with van der Waals surface area (Å²) in [4.78, 5) is 25.5. The molecular formula is C15H21N3O3. The van der Waals surface area contributed by atoms with Crippen LogP contribution in [-0.2, 0) is 20.9 Å². The average molecular weight is 291 g/mol. The Labute approximate surface area is 124 Å². The molecule has 1 aliphatic rings. The third-order valence-corrected chi connectivity index (χ3v) is 3.32. The normalized spacial score (nSPS) is 15.4. The van der Waals surface area contributed by atoms with Crippen molar-refractivity contribution >= 4 is 11.8 Å². The summed E-state index contributed by atoms with van der Waals surface area (Å²) in [7, 11) is 0. The van der Waals surface area contributed by atoms with Crippen LogP contribution in [0.3, 0.4) is 0 Å². The van der Waals surface area contributed by atoms with E-state index in [4.69, 9.17) is 4.74 Å². The summed E-state index contributed by atoms with van der Waals surface area (Å²) in [6, 6.07) is 9.49. The topological polar surface area (TPSA) is 70.7 Å². The highest BCUT2D eigenvalue weighted by molar-refractivity contribution is 6.35. The second-order valence-corrected chi connectivity index (χ2v) is 4.88. The SMILES string of the molecule is O=C(NCCN1CCOCC1)C(=O)NCc1ccccc1. The van der Waals surface area contributed by atoms with E-state index in [-0.39, 0.29) is 0 Å². The van der Waals surface area contributed by atoms with Crippen molar-refractivity contribution in [2.24, 2.45) is 0 Å². The molecule has 0 radical (unpaired) electrons. The molecule has 0 atom stereocenters. The van der Waals surface area contributed by atoms with Gasteiger partial charge in [0.25, 0.3) is 0 Å². The lowest BCUT2D eigenvalue weighted by Gasteiger charge is -2.26. The van der Waals surface area contributed by atoms with Crippen molar-refractivity contribution in [1.29, 1.82) is 0 Å². The second-order valence-electron chi connectivity index (χ2n) is 4.88. The Morgan fingerprint density at radius 1 is 1.05 bits per heavy atom. The zero-order valence-electron chi connectivity index (χ0n) is 12.0. The fourth-order valence-corrected chi connectivity index (χ4v) is 2.09. The fraction of sp³-hybridized carbons (Fsp3) is 0.467. The number of hydrogen-bond acceptors (Lipinski definition) is 4. The van der Waals surface area contributed by atoms with E-state index in [0.717, 1.165) is 38.4 Å². The lowest BCUT2D eigenvalue weighted by atomic mass is 10.2. The summed E-state index contributed by atoms with van der Waals surface area (Å²) in [5.74, 6) is -1.18. The summed E-state index contributed by atoms with van der Waals surface area (Å²) in [5.41, 5.74) is 0.965. The maximum Gasteiger partial charge on any atom is 0.309 e. The Morgan fingerprint density at radius 3 is 2.43 bits per heavy atom. The van der Waals surface area contributed by atoms with E-state index >= 15 is 0 Å². The summed E-state index contributed by atoms with van der Waals surface area (Å²) in [6.45, 7) is 4.76. The molecule has 1 heterocycles. The predicted octanol–water partition coefficient (Wildman–Crippen LogP) is -0.249. The number of nitrogens with one attached hydrogen (secondary N) is 2. The largest absolute Gasteiger partial charge is 0.379 e. The number of benzene rings is 1. The van der Waals surface area contributed by atoms with Crippen molar-refractivity contribution in [3.05, 3.63) is 35.9 Å². The summed E-state index contributed by atoms with van der Waals surface area (Å²) in [6.07, 6.45) is 0. The minimum atomic E-state index is -0.596. The summed E-state index contributed by atoms with van der Waals surface area (Å²) < 4.78 is 5.25. The zero-order valence-corrected chi connectivity index (χ0v) is 12.0. The van der Waals surface area contributed by atoms with Gasteiger partial charge in [0, 0.05) is 32.7 Å². The third kappa shape index (κ3) is 5.53. The van der Waals surface area contributed by atoms with Crippen LogP contribution in [0.1, 0.15) is 5.56 Å². The monoisotopic (exact) mass is 291 g/mol. The summed E-state index contributed by atoms with van der Waals surface area (Å²) in [5, 5.41) is 5.24. The highest BCUT2D eigenvalue weighted by atomic mass is 16.5. The van der Waals surface area contributed by atoms with E-state index < -0.39 is 11.8 Å². The molecule has 0 saturated carbocycles. The molecule has 2 N–H and O–H groups in total. The molecule has 2 amide bonds. The molecule has 0 aromatic heterocycles. The number of nitrogens with zero attached hydrogens (tertiary/aromatic N) is 1.